The molecule has 1 fully saturated rings. The molecule has 6 rings (SSSR count). The van der Waals surface area contributed by atoms with E-state index in [4.69, 9.17) is 14.2 Å². The predicted molar refractivity (Wildman–Crippen MR) is 127 cm³/mol. The zero-order valence-electron chi connectivity index (χ0n) is 19.4. The summed E-state index contributed by atoms with van der Waals surface area (Å²) in [5.41, 5.74) is 5.78. The predicted octanol–water partition coefficient (Wildman–Crippen LogP) is 3.83. The van der Waals surface area contributed by atoms with Crippen molar-refractivity contribution in [1.29, 1.82) is 0 Å². The van der Waals surface area contributed by atoms with Gasteiger partial charge in [-0.25, -0.2) is 4.98 Å². The number of aromatic nitrogens is 4. The average Bonchev–Trinajstić information content (AvgIpc) is 3.54. The molecule has 8 heteroatoms. The summed E-state index contributed by atoms with van der Waals surface area (Å²) in [6.45, 7) is 6.34. The number of anilines is 1. The van der Waals surface area contributed by atoms with Crippen molar-refractivity contribution >= 4 is 17.0 Å². The van der Waals surface area contributed by atoms with Crippen LogP contribution in [0.5, 0.6) is 5.75 Å². The van der Waals surface area contributed by atoms with Crippen molar-refractivity contribution in [2.24, 2.45) is 0 Å². The molecule has 0 unspecified atom stereocenters. The number of aryl methyl sites for hydroxylation is 2. The van der Waals surface area contributed by atoms with Crippen molar-refractivity contribution in [3.05, 3.63) is 53.7 Å². The van der Waals surface area contributed by atoms with Gasteiger partial charge in [0.05, 0.1) is 22.5 Å². The molecule has 0 radical (unpaired) electrons. The van der Waals surface area contributed by atoms with Crippen LogP contribution in [0.4, 0.5) is 5.95 Å². The summed E-state index contributed by atoms with van der Waals surface area (Å²) in [4.78, 5) is 14.5. The number of likely N-dealkylation sites (N-methyl/N-ethyl adjacent to an activating group) is 1. The maximum absolute atomic E-state index is 6.47. The Morgan fingerprint density at radius 1 is 1.12 bits per heavy atom. The molecule has 1 aromatic carbocycles. The summed E-state index contributed by atoms with van der Waals surface area (Å²) in [5, 5.41) is 4.17. The Kier molecular flexibility index (Phi) is 4.65. The highest BCUT2D eigenvalue weighted by molar-refractivity contribution is 5.94. The van der Waals surface area contributed by atoms with Crippen molar-refractivity contribution in [1.82, 2.24) is 24.6 Å². The molecule has 33 heavy (non-hydrogen) atoms. The lowest BCUT2D eigenvalue weighted by Crippen LogP contribution is -2.34. The van der Waals surface area contributed by atoms with E-state index in [0.717, 1.165) is 70.5 Å². The van der Waals surface area contributed by atoms with Crippen LogP contribution in [0.15, 0.2) is 41.1 Å². The number of benzene rings is 1. The van der Waals surface area contributed by atoms with Crippen LogP contribution < -0.4 is 9.64 Å². The summed E-state index contributed by atoms with van der Waals surface area (Å²) in [5.74, 6) is 2.62. The van der Waals surface area contributed by atoms with Gasteiger partial charge in [0.1, 0.15) is 23.9 Å². The van der Waals surface area contributed by atoms with Crippen LogP contribution in [-0.4, -0.2) is 64.4 Å². The fraction of sp³-hybridized carbons (Fsp3) is 0.400. The van der Waals surface area contributed by atoms with Gasteiger partial charge in [0.15, 0.2) is 5.75 Å². The first-order valence-corrected chi connectivity index (χ1v) is 11.5. The van der Waals surface area contributed by atoms with E-state index in [2.05, 4.69) is 56.8 Å². The lowest BCUT2D eigenvalue weighted by Gasteiger charge is -2.30. The van der Waals surface area contributed by atoms with Gasteiger partial charge in [-0.2, -0.15) is 0 Å². The van der Waals surface area contributed by atoms with E-state index in [9.17, 15) is 0 Å². The Hall–Kier alpha value is -3.39. The molecule has 2 atom stereocenters. The van der Waals surface area contributed by atoms with Crippen molar-refractivity contribution in [2.45, 2.75) is 32.4 Å². The second-order valence-electron chi connectivity index (χ2n) is 9.22. The largest absolute Gasteiger partial charge is 0.488 e. The van der Waals surface area contributed by atoms with Gasteiger partial charge in [0, 0.05) is 30.9 Å². The minimum atomic E-state index is -0.0444. The van der Waals surface area contributed by atoms with Crippen molar-refractivity contribution < 1.29 is 9.26 Å². The van der Waals surface area contributed by atoms with E-state index in [1.54, 1.807) is 0 Å². The topological polar surface area (TPSA) is 72.5 Å². The van der Waals surface area contributed by atoms with Gasteiger partial charge >= 0.3 is 0 Å². The molecule has 0 N–H and O–H groups in total. The number of ether oxygens (including phenoxy) is 1. The Morgan fingerprint density at radius 3 is 2.70 bits per heavy atom. The monoisotopic (exact) mass is 444 g/mol. The highest BCUT2D eigenvalue weighted by Crippen LogP contribution is 2.46. The van der Waals surface area contributed by atoms with Gasteiger partial charge in [-0.3, -0.25) is 9.55 Å². The molecule has 5 heterocycles. The number of imidazole rings is 1. The molecule has 0 saturated carbocycles. The molecule has 8 nitrogen and oxygen atoms in total. The molecule has 0 bridgehead atoms. The SMILES string of the molecule is Cc1noc(C)c1-c1ccc2nc(N3CC[C@@H](N(C)C)C3)n3c2c1OC[C@@H]3c1ccccn1. The number of hydrogen-bond acceptors (Lipinski definition) is 7. The summed E-state index contributed by atoms with van der Waals surface area (Å²) < 4.78 is 14.3. The van der Waals surface area contributed by atoms with Gasteiger partial charge in [-0.15, -0.1) is 0 Å². The first kappa shape index (κ1) is 20.2. The van der Waals surface area contributed by atoms with Crippen LogP contribution >= 0.6 is 0 Å². The summed E-state index contributed by atoms with van der Waals surface area (Å²) in [6, 6.07) is 10.7. The van der Waals surface area contributed by atoms with Gasteiger partial charge in [-0.1, -0.05) is 11.2 Å². The first-order chi connectivity index (χ1) is 16.0. The van der Waals surface area contributed by atoms with Crippen LogP contribution in [0, 0.1) is 13.8 Å². The van der Waals surface area contributed by atoms with Gasteiger partial charge in [-0.05, 0) is 58.6 Å². The number of rotatable bonds is 4. The molecular weight excluding hydrogens is 416 g/mol. The minimum Gasteiger partial charge on any atom is -0.488 e. The van der Waals surface area contributed by atoms with Crippen molar-refractivity contribution in [2.75, 3.05) is 38.7 Å². The first-order valence-electron chi connectivity index (χ1n) is 11.5. The second-order valence-corrected chi connectivity index (χ2v) is 9.22. The third-order valence-corrected chi connectivity index (χ3v) is 6.99. The zero-order chi connectivity index (χ0) is 22.7. The third-order valence-electron chi connectivity index (χ3n) is 6.99. The molecular formula is C25H28N6O2. The quantitative estimate of drug-likeness (QED) is 0.474. The minimum absolute atomic E-state index is 0.0444. The smallest absolute Gasteiger partial charge is 0.207 e. The Balaban J connectivity index is 1.58. The van der Waals surface area contributed by atoms with Gasteiger partial charge in [0.2, 0.25) is 5.95 Å². The lowest BCUT2D eigenvalue weighted by atomic mass is 10.0. The van der Waals surface area contributed by atoms with E-state index in [1.165, 1.54) is 0 Å². The summed E-state index contributed by atoms with van der Waals surface area (Å²) >= 11 is 0. The van der Waals surface area contributed by atoms with E-state index in [-0.39, 0.29) is 6.04 Å². The van der Waals surface area contributed by atoms with Crippen molar-refractivity contribution in [3.8, 4) is 16.9 Å². The molecule has 4 aromatic rings. The maximum atomic E-state index is 6.47. The Bertz CT molecular complexity index is 1310. The van der Waals surface area contributed by atoms with Gasteiger partial charge < -0.3 is 19.1 Å². The Labute approximate surface area is 192 Å². The summed E-state index contributed by atoms with van der Waals surface area (Å²) in [6.07, 6.45) is 2.97. The molecule has 0 aliphatic carbocycles. The highest BCUT2D eigenvalue weighted by atomic mass is 16.5. The van der Waals surface area contributed by atoms with Crippen LogP contribution in [-0.2, 0) is 0 Å². The van der Waals surface area contributed by atoms with Crippen LogP contribution in [0.2, 0.25) is 0 Å². The molecule has 2 aliphatic heterocycles. The second kappa shape index (κ2) is 7.59. The maximum Gasteiger partial charge on any atom is 0.207 e. The van der Waals surface area contributed by atoms with Crippen LogP contribution in [0.25, 0.3) is 22.2 Å². The summed E-state index contributed by atoms with van der Waals surface area (Å²) in [7, 11) is 4.30. The number of nitrogens with zero attached hydrogens (tertiary/aromatic N) is 6. The molecule has 0 amide bonds. The van der Waals surface area contributed by atoms with E-state index in [1.807, 2.05) is 32.2 Å². The lowest BCUT2D eigenvalue weighted by molar-refractivity contribution is 0.257. The molecule has 3 aromatic heterocycles. The molecule has 170 valence electrons. The standard InChI is InChI=1S/C25H28N6O2/c1-15-22(16(2)33-28-15)18-8-9-20-23-24(18)32-14-21(19-7-5-6-11-26-19)31(23)25(27-20)30-12-10-17(13-30)29(3)4/h5-9,11,17,21H,10,12-14H2,1-4H3/t17-,21-/m1/s1. The Morgan fingerprint density at radius 2 is 2.00 bits per heavy atom. The molecule has 1 saturated heterocycles. The van der Waals surface area contributed by atoms with Gasteiger partial charge in [0.25, 0.3) is 0 Å². The van der Waals surface area contributed by atoms with Crippen LogP contribution in [0.3, 0.4) is 0 Å². The molecule has 2 aliphatic rings. The highest BCUT2D eigenvalue weighted by Gasteiger charge is 2.35. The number of pyridine rings is 1. The fourth-order valence-corrected chi connectivity index (χ4v) is 5.25. The fourth-order valence-electron chi connectivity index (χ4n) is 5.25. The normalized spacial score (nSPS) is 20.1. The average molecular weight is 445 g/mol. The van der Waals surface area contributed by atoms with Crippen molar-refractivity contribution in [3.63, 3.8) is 0 Å². The van der Waals surface area contributed by atoms with E-state index in [0.29, 0.717) is 12.6 Å². The molecule has 0 spiro atoms. The van der Waals surface area contributed by atoms with Crippen LogP contribution in [0.1, 0.15) is 29.6 Å². The zero-order valence-corrected chi connectivity index (χ0v) is 19.4. The number of hydrogen-bond donors (Lipinski definition) is 0. The van der Waals surface area contributed by atoms with E-state index >= 15 is 0 Å². The third kappa shape index (κ3) is 3.12. The van der Waals surface area contributed by atoms with E-state index < -0.39 is 0 Å².